The van der Waals surface area contributed by atoms with Gasteiger partial charge in [-0.25, -0.2) is 4.79 Å². The Balaban J connectivity index is 2.33. The lowest BCUT2D eigenvalue weighted by atomic mass is 9.91. The van der Waals surface area contributed by atoms with Gasteiger partial charge in [-0.15, -0.1) is 0 Å². The molecule has 2 saturated heterocycles. The van der Waals surface area contributed by atoms with Crippen molar-refractivity contribution in [3.63, 3.8) is 0 Å². The van der Waals surface area contributed by atoms with Crippen LogP contribution in [-0.2, 0) is 9.59 Å². The summed E-state index contributed by atoms with van der Waals surface area (Å²) in [5, 5.41) is 9.25. The summed E-state index contributed by atoms with van der Waals surface area (Å²) in [5.74, 6) is -0.785. The van der Waals surface area contributed by atoms with Crippen molar-refractivity contribution < 1.29 is 14.7 Å². The van der Waals surface area contributed by atoms with Crippen molar-refractivity contribution in [1.82, 2.24) is 4.90 Å². The Labute approximate surface area is 82.9 Å². The van der Waals surface area contributed by atoms with E-state index in [1.165, 1.54) is 0 Å². The second-order valence-corrected chi connectivity index (χ2v) is 4.19. The predicted molar refractivity (Wildman–Crippen MR) is 49.8 cm³/mol. The average Bonchev–Trinajstić information content (AvgIpc) is 2.51. The van der Waals surface area contributed by atoms with Gasteiger partial charge in [-0.05, 0) is 32.1 Å². The van der Waals surface area contributed by atoms with E-state index in [2.05, 4.69) is 0 Å². The second-order valence-electron chi connectivity index (χ2n) is 4.19. The molecule has 1 N–H and O–H groups in total. The summed E-state index contributed by atoms with van der Waals surface area (Å²) in [6.45, 7) is 0.630. The number of fused-ring (bicyclic) bond motifs is 1. The average molecular weight is 197 g/mol. The number of nitrogens with zero attached hydrogens (tertiary/aromatic N) is 1. The molecule has 0 aromatic carbocycles. The minimum Gasteiger partial charge on any atom is -0.479 e. The molecule has 78 valence electrons. The number of amides is 1. The summed E-state index contributed by atoms with van der Waals surface area (Å²) >= 11 is 0. The molecule has 2 aliphatic heterocycles. The lowest BCUT2D eigenvalue weighted by molar-refractivity contribution is -0.156. The normalized spacial score (nSPS) is 32.6. The van der Waals surface area contributed by atoms with E-state index in [1.54, 1.807) is 4.90 Å². The Morgan fingerprint density at radius 3 is 2.71 bits per heavy atom. The van der Waals surface area contributed by atoms with Gasteiger partial charge in [-0.2, -0.15) is 0 Å². The first kappa shape index (κ1) is 9.49. The summed E-state index contributed by atoms with van der Waals surface area (Å²) in [5.41, 5.74) is -0.854. The Morgan fingerprint density at radius 1 is 1.29 bits per heavy atom. The molecule has 14 heavy (non-hydrogen) atoms. The van der Waals surface area contributed by atoms with Crippen LogP contribution in [0.25, 0.3) is 0 Å². The quantitative estimate of drug-likeness (QED) is 0.682. The lowest BCUT2D eigenvalue weighted by Crippen LogP contribution is -2.51. The van der Waals surface area contributed by atoms with E-state index in [0.717, 1.165) is 19.3 Å². The molecule has 0 radical (unpaired) electrons. The summed E-state index contributed by atoms with van der Waals surface area (Å²) in [6, 6.07) is 0. The highest BCUT2D eigenvalue weighted by Crippen LogP contribution is 2.37. The maximum atomic E-state index is 11.7. The summed E-state index contributed by atoms with van der Waals surface area (Å²) < 4.78 is 0. The van der Waals surface area contributed by atoms with Crippen molar-refractivity contribution in [2.75, 3.05) is 6.54 Å². The van der Waals surface area contributed by atoms with Crippen LogP contribution in [0.5, 0.6) is 0 Å². The number of aliphatic carboxylic acids is 1. The fourth-order valence-corrected chi connectivity index (χ4v) is 2.66. The van der Waals surface area contributed by atoms with Crippen molar-refractivity contribution in [3.05, 3.63) is 0 Å². The molecule has 2 aliphatic rings. The zero-order valence-electron chi connectivity index (χ0n) is 8.16. The first-order valence-corrected chi connectivity index (χ1v) is 5.21. The van der Waals surface area contributed by atoms with Crippen LogP contribution < -0.4 is 0 Å². The molecule has 1 atom stereocenters. The summed E-state index contributed by atoms with van der Waals surface area (Å²) in [7, 11) is 0. The van der Waals surface area contributed by atoms with Gasteiger partial charge in [-0.3, -0.25) is 4.79 Å². The molecule has 4 nitrogen and oxygen atoms in total. The molecule has 2 fully saturated rings. The van der Waals surface area contributed by atoms with Gasteiger partial charge in [0.2, 0.25) is 5.91 Å². The molecule has 1 amide bonds. The fourth-order valence-electron chi connectivity index (χ4n) is 2.66. The molecular formula is C10H15NO3. The Bertz CT molecular complexity index is 277. The van der Waals surface area contributed by atoms with E-state index in [0.29, 0.717) is 25.8 Å². The molecule has 0 aromatic rings. The zero-order valence-corrected chi connectivity index (χ0v) is 8.16. The van der Waals surface area contributed by atoms with Crippen LogP contribution in [-0.4, -0.2) is 34.0 Å². The molecular weight excluding hydrogens is 182 g/mol. The van der Waals surface area contributed by atoms with Crippen LogP contribution >= 0.6 is 0 Å². The molecule has 0 bridgehead atoms. The number of carbonyl (C=O) groups is 2. The number of hydrogen-bond donors (Lipinski definition) is 1. The van der Waals surface area contributed by atoms with Gasteiger partial charge in [0.15, 0.2) is 0 Å². The third-order valence-corrected chi connectivity index (χ3v) is 3.42. The van der Waals surface area contributed by atoms with E-state index in [1.807, 2.05) is 0 Å². The van der Waals surface area contributed by atoms with Crippen LogP contribution in [0.2, 0.25) is 0 Å². The Morgan fingerprint density at radius 2 is 2.00 bits per heavy atom. The van der Waals surface area contributed by atoms with E-state index in [4.69, 9.17) is 0 Å². The van der Waals surface area contributed by atoms with E-state index < -0.39 is 11.5 Å². The molecule has 2 heterocycles. The van der Waals surface area contributed by atoms with Gasteiger partial charge in [0.05, 0.1) is 0 Å². The van der Waals surface area contributed by atoms with E-state index in [9.17, 15) is 14.7 Å². The third-order valence-electron chi connectivity index (χ3n) is 3.42. The largest absolute Gasteiger partial charge is 0.479 e. The number of carboxylic acids is 1. The van der Waals surface area contributed by atoms with Gasteiger partial charge in [0, 0.05) is 13.0 Å². The number of hydrogen-bond acceptors (Lipinski definition) is 2. The van der Waals surface area contributed by atoms with E-state index >= 15 is 0 Å². The van der Waals surface area contributed by atoms with E-state index in [-0.39, 0.29) is 5.91 Å². The van der Waals surface area contributed by atoms with Crippen molar-refractivity contribution >= 4 is 11.9 Å². The van der Waals surface area contributed by atoms with Crippen LogP contribution in [0, 0.1) is 0 Å². The van der Waals surface area contributed by atoms with Crippen molar-refractivity contribution in [2.24, 2.45) is 0 Å². The molecule has 0 saturated carbocycles. The Kier molecular flexibility index (Phi) is 2.21. The van der Waals surface area contributed by atoms with Crippen LogP contribution in [0.1, 0.15) is 38.5 Å². The first-order valence-electron chi connectivity index (χ1n) is 5.21. The molecule has 0 spiro atoms. The Hall–Kier alpha value is -1.06. The summed E-state index contributed by atoms with van der Waals surface area (Å²) in [4.78, 5) is 24.5. The van der Waals surface area contributed by atoms with Gasteiger partial charge in [0.1, 0.15) is 5.54 Å². The maximum absolute atomic E-state index is 11.7. The standard InChI is InChI=1S/C10H15NO3/c12-8-4-1-2-5-10(9(13)14)6-3-7-11(8)10/h1-7H2,(H,13,14)/t10-/m1/s1. The van der Waals surface area contributed by atoms with Crippen molar-refractivity contribution in [2.45, 2.75) is 44.1 Å². The van der Waals surface area contributed by atoms with Gasteiger partial charge >= 0.3 is 5.97 Å². The highest BCUT2D eigenvalue weighted by atomic mass is 16.4. The lowest BCUT2D eigenvalue weighted by Gasteiger charge is -2.32. The number of carbonyl (C=O) groups excluding carboxylic acids is 1. The SMILES string of the molecule is O=C1CCCC[C@]2(C(=O)O)CCCN12. The number of carboxylic acid groups (broad SMARTS) is 1. The molecule has 2 rings (SSSR count). The monoisotopic (exact) mass is 197 g/mol. The van der Waals surface area contributed by atoms with Gasteiger partial charge < -0.3 is 10.0 Å². The van der Waals surface area contributed by atoms with Crippen LogP contribution in [0.15, 0.2) is 0 Å². The minimum atomic E-state index is -0.854. The van der Waals surface area contributed by atoms with Crippen molar-refractivity contribution in [3.8, 4) is 0 Å². The molecule has 0 unspecified atom stereocenters. The van der Waals surface area contributed by atoms with Crippen LogP contribution in [0.4, 0.5) is 0 Å². The third kappa shape index (κ3) is 1.21. The smallest absolute Gasteiger partial charge is 0.329 e. The highest BCUT2D eigenvalue weighted by molar-refractivity contribution is 5.88. The second kappa shape index (κ2) is 3.26. The van der Waals surface area contributed by atoms with Crippen molar-refractivity contribution in [1.29, 1.82) is 0 Å². The molecule has 4 heteroatoms. The number of rotatable bonds is 1. The summed E-state index contributed by atoms with van der Waals surface area (Å²) in [6.07, 6.45) is 4.31. The van der Waals surface area contributed by atoms with Gasteiger partial charge in [-0.1, -0.05) is 0 Å². The zero-order chi connectivity index (χ0) is 10.2. The maximum Gasteiger partial charge on any atom is 0.329 e. The topological polar surface area (TPSA) is 57.6 Å². The first-order chi connectivity index (χ1) is 6.67. The highest BCUT2D eigenvalue weighted by Gasteiger charge is 2.50. The molecule has 0 aliphatic carbocycles. The fraction of sp³-hybridized carbons (Fsp3) is 0.800. The molecule has 0 aromatic heterocycles. The minimum absolute atomic E-state index is 0.0300. The predicted octanol–water partition coefficient (Wildman–Crippen LogP) is 1.01. The van der Waals surface area contributed by atoms with Gasteiger partial charge in [0.25, 0.3) is 0 Å². The van der Waals surface area contributed by atoms with Crippen LogP contribution in [0.3, 0.4) is 0 Å².